The minimum Gasteiger partial charge on any atom is -0.467 e. The topological polar surface area (TPSA) is 111 Å². The van der Waals surface area contributed by atoms with Crippen molar-refractivity contribution in [2.24, 2.45) is 0 Å². The maximum Gasteiger partial charge on any atom is 0.411 e. The number of hydrogen-bond donors (Lipinski definition) is 1. The number of methoxy groups -OCH3 is 2. The van der Waals surface area contributed by atoms with Crippen molar-refractivity contribution in [1.29, 1.82) is 0 Å². The van der Waals surface area contributed by atoms with Gasteiger partial charge in [-0.25, -0.2) is 14.4 Å². The highest BCUT2D eigenvalue weighted by molar-refractivity contribution is 5.85. The molecule has 2 aliphatic rings. The van der Waals surface area contributed by atoms with Gasteiger partial charge in [-0.2, -0.15) is 0 Å². The molecule has 0 radical (unpaired) electrons. The molecule has 2 amide bonds. The smallest absolute Gasteiger partial charge is 0.411 e. The highest BCUT2D eigenvalue weighted by Crippen LogP contribution is 2.21. The van der Waals surface area contributed by atoms with Crippen LogP contribution >= 0.6 is 0 Å². The van der Waals surface area contributed by atoms with Gasteiger partial charge in [0.05, 0.1) is 14.2 Å². The first-order chi connectivity index (χ1) is 13.1. The van der Waals surface area contributed by atoms with Crippen LogP contribution in [0.5, 0.6) is 0 Å². The molecule has 28 heavy (non-hydrogen) atoms. The number of carbonyl (C=O) groups is 4. The van der Waals surface area contributed by atoms with E-state index >= 15 is 0 Å². The Morgan fingerprint density at radius 3 is 2.18 bits per heavy atom. The second kappa shape index (κ2) is 10.9. The van der Waals surface area contributed by atoms with Gasteiger partial charge in [0.15, 0.2) is 0 Å². The lowest BCUT2D eigenvalue weighted by Crippen LogP contribution is -2.50. The largest absolute Gasteiger partial charge is 0.467 e. The predicted octanol–water partition coefficient (Wildman–Crippen LogP) is 1.78. The highest BCUT2D eigenvalue weighted by Gasteiger charge is 2.35. The van der Waals surface area contributed by atoms with E-state index in [1.165, 1.54) is 19.1 Å². The Bertz CT molecular complexity index is 571. The van der Waals surface area contributed by atoms with Gasteiger partial charge in [0.1, 0.15) is 17.7 Å². The number of likely N-dealkylation sites (tertiary alicyclic amines) is 1. The summed E-state index contributed by atoms with van der Waals surface area (Å²) in [5.41, 5.74) is -0.546. The van der Waals surface area contributed by atoms with Crippen LogP contribution < -0.4 is 5.32 Å². The van der Waals surface area contributed by atoms with Crippen LogP contribution in [0.1, 0.15) is 59.3 Å². The lowest BCUT2D eigenvalue weighted by Gasteiger charge is -2.34. The van der Waals surface area contributed by atoms with Crippen LogP contribution in [-0.4, -0.2) is 67.3 Å². The average Bonchev–Trinajstić information content (AvgIpc) is 2.66. The van der Waals surface area contributed by atoms with Crippen molar-refractivity contribution in [3.63, 3.8) is 0 Å². The lowest BCUT2D eigenvalue weighted by atomic mass is 10.0. The maximum atomic E-state index is 11.9. The van der Waals surface area contributed by atoms with E-state index in [2.05, 4.69) is 10.1 Å². The Labute approximate surface area is 166 Å². The van der Waals surface area contributed by atoms with E-state index in [0.717, 1.165) is 19.3 Å². The molecule has 0 spiro atoms. The number of amides is 2. The van der Waals surface area contributed by atoms with Crippen molar-refractivity contribution in [3.05, 3.63) is 0 Å². The summed E-state index contributed by atoms with van der Waals surface area (Å²) < 4.78 is 14.5. The fraction of sp³-hybridized carbons (Fsp3) is 0.789. The Kier molecular flexibility index (Phi) is 9.21. The third kappa shape index (κ3) is 7.74. The summed E-state index contributed by atoms with van der Waals surface area (Å²) in [5, 5.41) is 2.55. The molecule has 2 atom stereocenters. The molecule has 2 fully saturated rings. The van der Waals surface area contributed by atoms with Gasteiger partial charge < -0.3 is 19.5 Å². The molecule has 0 aromatic heterocycles. The molecule has 2 heterocycles. The fourth-order valence-corrected chi connectivity index (χ4v) is 2.98. The number of piperidine rings is 2. The standard InChI is InChI=1S/C12H21NO4.C7H11NO3/c1-12(2,3)17-11(15)13-8-6-5-7-9(13)10(14)16-4;1-11-7(10)5-3-2-4-6(9)8-5/h9H,5-8H2,1-4H3;5H,2-4H2,1H3,(H,8,9)/t9-;/m1./s1. The van der Waals surface area contributed by atoms with Crippen molar-refractivity contribution >= 4 is 23.9 Å². The third-order valence-electron chi connectivity index (χ3n) is 4.32. The van der Waals surface area contributed by atoms with Gasteiger partial charge in [-0.05, 0) is 52.9 Å². The summed E-state index contributed by atoms with van der Waals surface area (Å²) in [4.78, 5) is 46.6. The van der Waals surface area contributed by atoms with Gasteiger partial charge in [-0.3, -0.25) is 9.69 Å². The molecule has 0 bridgehead atoms. The van der Waals surface area contributed by atoms with E-state index in [1.54, 1.807) is 0 Å². The van der Waals surface area contributed by atoms with Gasteiger partial charge in [-0.15, -0.1) is 0 Å². The van der Waals surface area contributed by atoms with E-state index in [0.29, 0.717) is 25.8 Å². The predicted molar refractivity (Wildman–Crippen MR) is 100 cm³/mol. The number of esters is 2. The normalized spacial score (nSPS) is 22.2. The Hall–Kier alpha value is -2.32. The van der Waals surface area contributed by atoms with Crippen LogP contribution in [0.4, 0.5) is 4.79 Å². The second-order valence-corrected chi connectivity index (χ2v) is 7.74. The van der Waals surface area contributed by atoms with E-state index in [4.69, 9.17) is 9.47 Å². The first-order valence-electron chi connectivity index (χ1n) is 9.53. The van der Waals surface area contributed by atoms with Gasteiger partial charge >= 0.3 is 18.0 Å². The molecular weight excluding hydrogens is 368 g/mol. The van der Waals surface area contributed by atoms with Gasteiger partial charge in [0, 0.05) is 13.0 Å². The van der Waals surface area contributed by atoms with E-state index in [9.17, 15) is 19.2 Å². The minimum atomic E-state index is -0.546. The summed E-state index contributed by atoms with van der Waals surface area (Å²) >= 11 is 0. The molecule has 2 saturated heterocycles. The highest BCUT2D eigenvalue weighted by atomic mass is 16.6. The van der Waals surface area contributed by atoms with Crippen molar-refractivity contribution in [1.82, 2.24) is 10.2 Å². The molecule has 2 rings (SSSR count). The Balaban J connectivity index is 0.000000307. The zero-order valence-electron chi connectivity index (χ0n) is 17.4. The molecule has 9 nitrogen and oxygen atoms in total. The molecule has 0 saturated carbocycles. The van der Waals surface area contributed by atoms with Crippen LogP contribution in [0.25, 0.3) is 0 Å². The number of ether oxygens (including phenoxy) is 3. The molecule has 0 aliphatic carbocycles. The minimum absolute atomic E-state index is 0.0633. The monoisotopic (exact) mass is 400 g/mol. The molecule has 0 aromatic carbocycles. The molecule has 0 aromatic rings. The molecule has 9 heteroatoms. The number of nitrogens with one attached hydrogen (secondary N) is 1. The Morgan fingerprint density at radius 1 is 1.00 bits per heavy atom. The summed E-state index contributed by atoms with van der Waals surface area (Å²) in [6.07, 6.45) is 4.02. The summed E-state index contributed by atoms with van der Waals surface area (Å²) in [6.45, 7) is 5.97. The first kappa shape index (κ1) is 23.7. The van der Waals surface area contributed by atoms with Crippen LogP contribution in [0, 0.1) is 0 Å². The van der Waals surface area contributed by atoms with Crippen LogP contribution in [-0.2, 0) is 28.6 Å². The van der Waals surface area contributed by atoms with E-state index < -0.39 is 23.8 Å². The summed E-state index contributed by atoms with van der Waals surface area (Å²) in [7, 11) is 2.66. The molecule has 1 unspecified atom stereocenters. The number of rotatable bonds is 2. The zero-order chi connectivity index (χ0) is 21.3. The van der Waals surface area contributed by atoms with Crippen LogP contribution in [0.3, 0.4) is 0 Å². The maximum absolute atomic E-state index is 11.9. The van der Waals surface area contributed by atoms with Crippen molar-refractivity contribution in [2.45, 2.75) is 77.0 Å². The van der Waals surface area contributed by atoms with Gasteiger partial charge in [-0.1, -0.05) is 0 Å². The third-order valence-corrected chi connectivity index (χ3v) is 4.32. The van der Waals surface area contributed by atoms with Crippen molar-refractivity contribution in [2.75, 3.05) is 20.8 Å². The zero-order valence-corrected chi connectivity index (χ0v) is 17.4. The van der Waals surface area contributed by atoms with Gasteiger partial charge in [0.2, 0.25) is 5.91 Å². The molecule has 1 N–H and O–H groups in total. The van der Waals surface area contributed by atoms with Crippen molar-refractivity contribution < 1.29 is 33.4 Å². The second-order valence-electron chi connectivity index (χ2n) is 7.74. The van der Waals surface area contributed by atoms with Crippen LogP contribution in [0.15, 0.2) is 0 Å². The lowest BCUT2D eigenvalue weighted by molar-refractivity contribution is -0.148. The number of hydrogen-bond acceptors (Lipinski definition) is 7. The molecule has 2 aliphatic heterocycles. The number of nitrogens with zero attached hydrogens (tertiary/aromatic N) is 1. The van der Waals surface area contributed by atoms with Crippen molar-refractivity contribution in [3.8, 4) is 0 Å². The molecule has 160 valence electrons. The summed E-state index contributed by atoms with van der Waals surface area (Å²) in [6, 6.07) is -0.912. The fourth-order valence-electron chi connectivity index (χ4n) is 2.98. The summed E-state index contributed by atoms with van der Waals surface area (Å²) in [5.74, 6) is -0.778. The van der Waals surface area contributed by atoms with E-state index in [-0.39, 0.29) is 17.8 Å². The van der Waals surface area contributed by atoms with E-state index in [1.807, 2.05) is 20.8 Å². The first-order valence-corrected chi connectivity index (χ1v) is 9.53. The average molecular weight is 400 g/mol. The Morgan fingerprint density at radius 2 is 1.64 bits per heavy atom. The SMILES string of the molecule is COC(=O)C1CCCC(=O)N1.COC(=O)[C@H]1CCCCN1C(=O)OC(C)(C)C. The number of carbonyl (C=O) groups excluding carboxylic acids is 4. The quantitative estimate of drug-likeness (QED) is 0.555. The van der Waals surface area contributed by atoms with Gasteiger partial charge in [0.25, 0.3) is 0 Å². The molecular formula is C19H32N2O7. The van der Waals surface area contributed by atoms with Crippen LogP contribution in [0.2, 0.25) is 0 Å².